The summed E-state index contributed by atoms with van der Waals surface area (Å²) in [4.78, 5) is 16.3. The fraction of sp³-hybridized carbons (Fsp3) is 0.250. The van der Waals surface area contributed by atoms with Crippen molar-refractivity contribution in [3.8, 4) is 0 Å². The van der Waals surface area contributed by atoms with Crippen LogP contribution in [0.25, 0.3) is 10.1 Å². The Morgan fingerprint density at radius 2 is 2.19 bits per heavy atom. The van der Waals surface area contributed by atoms with Gasteiger partial charge < -0.3 is 9.67 Å². The van der Waals surface area contributed by atoms with Crippen molar-refractivity contribution < 1.29 is 9.90 Å². The predicted molar refractivity (Wildman–Crippen MR) is 84.1 cm³/mol. The third-order valence-electron chi connectivity index (χ3n) is 3.50. The number of nitrogens with zero attached hydrogens (tertiary/aromatic N) is 2. The second kappa shape index (κ2) is 5.69. The fourth-order valence-electron chi connectivity index (χ4n) is 2.53. The van der Waals surface area contributed by atoms with E-state index in [4.69, 9.17) is 0 Å². The molecule has 0 aliphatic heterocycles. The lowest BCUT2D eigenvalue weighted by Gasteiger charge is -2.08. The fourth-order valence-corrected chi connectivity index (χ4v) is 3.59. The molecule has 0 aliphatic rings. The number of aromatic carboxylic acids is 1. The van der Waals surface area contributed by atoms with Gasteiger partial charge >= 0.3 is 5.97 Å². The largest absolute Gasteiger partial charge is 0.477 e. The van der Waals surface area contributed by atoms with Crippen molar-refractivity contribution in [3.05, 3.63) is 52.9 Å². The number of carboxylic acid groups (broad SMARTS) is 1. The quantitative estimate of drug-likeness (QED) is 0.780. The molecule has 3 rings (SSSR count). The molecule has 0 bridgehead atoms. The lowest BCUT2D eigenvalue weighted by atomic mass is 10.1. The Bertz CT molecular complexity index is 789. The SMILES string of the molecule is CCCc1nccn1Cc1c(C(=O)O)sc2ccccc12. The number of aromatic nitrogens is 2. The van der Waals surface area contributed by atoms with Crippen molar-refractivity contribution in [3.63, 3.8) is 0 Å². The minimum absolute atomic E-state index is 0.423. The summed E-state index contributed by atoms with van der Waals surface area (Å²) < 4.78 is 3.06. The maximum absolute atomic E-state index is 11.5. The Balaban J connectivity index is 2.08. The Kier molecular flexibility index (Phi) is 3.75. The first-order chi connectivity index (χ1) is 10.2. The lowest BCUT2D eigenvalue weighted by molar-refractivity contribution is 0.0701. The smallest absolute Gasteiger partial charge is 0.346 e. The van der Waals surface area contributed by atoms with Crippen molar-refractivity contribution >= 4 is 27.4 Å². The van der Waals surface area contributed by atoms with Crippen LogP contribution in [0.15, 0.2) is 36.7 Å². The van der Waals surface area contributed by atoms with Crippen LogP contribution in [0, 0.1) is 0 Å². The molecule has 0 aliphatic carbocycles. The first-order valence-electron chi connectivity index (χ1n) is 6.94. The number of aryl methyl sites for hydroxylation is 1. The number of benzene rings is 1. The summed E-state index contributed by atoms with van der Waals surface area (Å²) in [5, 5.41) is 10.5. The van der Waals surface area contributed by atoms with E-state index in [1.165, 1.54) is 11.3 Å². The molecule has 21 heavy (non-hydrogen) atoms. The van der Waals surface area contributed by atoms with Crippen LogP contribution in [0.4, 0.5) is 0 Å². The second-order valence-corrected chi connectivity index (χ2v) is 5.98. The first-order valence-corrected chi connectivity index (χ1v) is 7.76. The van der Waals surface area contributed by atoms with Gasteiger partial charge in [0.05, 0.1) is 6.54 Å². The molecule has 0 amide bonds. The summed E-state index contributed by atoms with van der Waals surface area (Å²) in [7, 11) is 0. The van der Waals surface area contributed by atoms with E-state index in [0.29, 0.717) is 11.4 Å². The van der Waals surface area contributed by atoms with Gasteiger partial charge in [-0.3, -0.25) is 0 Å². The molecular weight excluding hydrogens is 284 g/mol. The molecule has 108 valence electrons. The van der Waals surface area contributed by atoms with Gasteiger partial charge in [0, 0.05) is 29.1 Å². The molecule has 0 unspecified atom stereocenters. The van der Waals surface area contributed by atoms with Crippen LogP contribution in [-0.2, 0) is 13.0 Å². The maximum Gasteiger partial charge on any atom is 0.346 e. The maximum atomic E-state index is 11.5. The molecule has 0 saturated carbocycles. The van der Waals surface area contributed by atoms with E-state index < -0.39 is 5.97 Å². The molecule has 0 radical (unpaired) electrons. The average Bonchev–Trinajstić information content (AvgIpc) is 3.05. The molecule has 5 heteroatoms. The van der Waals surface area contributed by atoms with Crippen molar-refractivity contribution in [1.29, 1.82) is 0 Å². The standard InChI is InChI=1S/C16H16N2O2S/c1-2-5-14-17-8-9-18(14)10-12-11-6-3-4-7-13(11)21-15(12)16(19)20/h3-4,6-9H,2,5,10H2,1H3,(H,19,20). The average molecular weight is 300 g/mol. The number of hydrogen-bond donors (Lipinski definition) is 1. The topological polar surface area (TPSA) is 55.1 Å². The van der Waals surface area contributed by atoms with E-state index in [2.05, 4.69) is 11.9 Å². The zero-order chi connectivity index (χ0) is 14.8. The molecule has 0 fully saturated rings. The van der Waals surface area contributed by atoms with E-state index in [-0.39, 0.29) is 0 Å². The molecule has 2 heterocycles. The number of imidazole rings is 1. The highest BCUT2D eigenvalue weighted by molar-refractivity contribution is 7.21. The Morgan fingerprint density at radius 1 is 1.38 bits per heavy atom. The Hall–Kier alpha value is -2.14. The summed E-state index contributed by atoms with van der Waals surface area (Å²) >= 11 is 1.34. The molecule has 1 aromatic carbocycles. The molecular formula is C16H16N2O2S. The van der Waals surface area contributed by atoms with Crippen molar-refractivity contribution in [2.45, 2.75) is 26.3 Å². The van der Waals surface area contributed by atoms with Gasteiger partial charge in [-0.05, 0) is 17.9 Å². The van der Waals surface area contributed by atoms with Gasteiger partial charge in [-0.2, -0.15) is 0 Å². The molecule has 3 aromatic rings. The van der Waals surface area contributed by atoms with Gasteiger partial charge in [-0.1, -0.05) is 25.1 Å². The van der Waals surface area contributed by atoms with E-state index in [9.17, 15) is 9.90 Å². The monoisotopic (exact) mass is 300 g/mol. The first kappa shape index (κ1) is 13.8. The van der Waals surface area contributed by atoms with Crippen molar-refractivity contribution in [1.82, 2.24) is 9.55 Å². The Morgan fingerprint density at radius 3 is 2.95 bits per heavy atom. The minimum atomic E-state index is -0.858. The van der Waals surface area contributed by atoms with Gasteiger partial charge in [0.1, 0.15) is 10.7 Å². The van der Waals surface area contributed by atoms with Gasteiger partial charge in [-0.25, -0.2) is 9.78 Å². The number of thiophene rings is 1. The predicted octanol–water partition coefficient (Wildman–Crippen LogP) is 3.80. The highest BCUT2D eigenvalue weighted by atomic mass is 32.1. The number of carboxylic acids is 1. The van der Waals surface area contributed by atoms with E-state index >= 15 is 0 Å². The van der Waals surface area contributed by atoms with Crippen molar-refractivity contribution in [2.24, 2.45) is 0 Å². The summed E-state index contributed by atoms with van der Waals surface area (Å²) in [6.07, 6.45) is 5.62. The molecule has 1 N–H and O–H groups in total. The van der Waals surface area contributed by atoms with Gasteiger partial charge in [0.25, 0.3) is 0 Å². The number of hydrogen-bond acceptors (Lipinski definition) is 3. The highest BCUT2D eigenvalue weighted by Gasteiger charge is 2.18. The zero-order valence-corrected chi connectivity index (χ0v) is 12.6. The van der Waals surface area contributed by atoms with Crippen LogP contribution in [0.2, 0.25) is 0 Å². The van der Waals surface area contributed by atoms with Gasteiger partial charge in [0.2, 0.25) is 0 Å². The lowest BCUT2D eigenvalue weighted by Crippen LogP contribution is -2.07. The number of fused-ring (bicyclic) bond motifs is 1. The van der Waals surface area contributed by atoms with Crippen LogP contribution in [-0.4, -0.2) is 20.6 Å². The third-order valence-corrected chi connectivity index (χ3v) is 4.70. The van der Waals surface area contributed by atoms with Crippen LogP contribution in [0.3, 0.4) is 0 Å². The van der Waals surface area contributed by atoms with Crippen molar-refractivity contribution in [2.75, 3.05) is 0 Å². The number of rotatable bonds is 5. The molecule has 0 atom stereocenters. The highest BCUT2D eigenvalue weighted by Crippen LogP contribution is 2.32. The normalized spacial score (nSPS) is 11.1. The number of carbonyl (C=O) groups is 1. The van der Waals surface area contributed by atoms with E-state index in [1.807, 2.05) is 35.0 Å². The zero-order valence-electron chi connectivity index (χ0n) is 11.7. The van der Waals surface area contributed by atoms with Gasteiger partial charge in [0.15, 0.2) is 0 Å². The van der Waals surface area contributed by atoms with E-state index in [0.717, 1.165) is 34.3 Å². The van der Waals surface area contributed by atoms with Crippen LogP contribution < -0.4 is 0 Å². The van der Waals surface area contributed by atoms with E-state index in [1.54, 1.807) is 6.20 Å². The molecule has 2 aromatic heterocycles. The molecule has 0 saturated heterocycles. The summed E-state index contributed by atoms with van der Waals surface area (Å²) in [5.74, 6) is 0.146. The minimum Gasteiger partial charge on any atom is -0.477 e. The van der Waals surface area contributed by atoms with Gasteiger partial charge in [-0.15, -0.1) is 11.3 Å². The molecule has 4 nitrogen and oxygen atoms in total. The summed E-state index contributed by atoms with van der Waals surface area (Å²) in [5.41, 5.74) is 0.874. The third kappa shape index (κ3) is 2.56. The molecule has 0 spiro atoms. The second-order valence-electron chi connectivity index (χ2n) is 4.93. The summed E-state index contributed by atoms with van der Waals surface area (Å²) in [6.45, 7) is 2.67. The summed E-state index contributed by atoms with van der Waals surface area (Å²) in [6, 6.07) is 7.85. The van der Waals surface area contributed by atoms with Crippen LogP contribution in [0.1, 0.15) is 34.4 Å². The Labute approximate surface area is 126 Å². The van der Waals surface area contributed by atoms with Crippen LogP contribution >= 0.6 is 11.3 Å². The van der Waals surface area contributed by atoms with Crippen LogP contribution in [0.5, 0.6) is 0 Å².